The first-order chi connectivity index (χ1) is 13.5. The summed E-state index contributed by atoms with van der Waals surface area (Å²) in [5.41, 5.74) is 0.585. The van der Waals surface area contributed by atoms with Gasteiger partial charge >= 0.3 is 0 Å². The van der Waals surface area contributed by atoms with Crippen molar-refractivity contribution in [2.45, 2.75) is 41.5 Å². The molecule has 0 unspecified atom stereocenters. The maximum absolute atomic E-state index is 11.9. The zero-order chi connectivity index (χ0) is 19.8. The number of sulfonamides is 1. The van der Waals surface area contributed by atoms with Crippen LogP contribution in [0.2, 0.25) is 0 Å². The van der Waals surface area contributed by atoms with Crippen molar-refractivity contribution in [1.82, 2.24) is 4.90 Å². The Morgan fingerprint density at radius 2 is 1.68 bits per heavy atom. The van der Waals surface area contributed by atoms with E-state index in [9.17, 15) is 8.42 Å². The molecule has 0 spiro atoms. The van der Waals surface area contributed by atoms with Crippen molar-refractivity contribution in [1.29, 1.82) is 0 Å². The van der Waals surface area contributed by atoms with Crippen LogP contribution in [0.1, 0.15) is 25.7 Å². The molecule has 5 nitrogen and oxygen atoms in total. The molecule has 0 aliphatic carbocycles. The van der Waals surface area contributed by atoms with Crippen LogP contribution in [-0.4, -0.2) is 44.7 Å². The lowest BCUT2D eigenvalue weighted by Crippen LogP contribution is -2.35. The van der Waals surface area contributed by atoms with Gasteiger partial charge in [-0.15, -0.1) is 11.8 Å². The van der Waals surface area contributed by atoms with Gasteiger partial charge in [-0.3, -0.25) is 0 Å². The summed E-state index contributed by atoms with van der Waals surface area (Å²) in [5, 5.41) is 8.87. The molecule has 28 heavy (non-hydrogen) atoms. The van der Waals surface area contributed by atoms with Gasteiger partial charge in [0.15, 0.2) is 0 Å². The van der Waals surface area contributed by atoms with Crippen molar-refractivity contribution < 1.29 is 8.42 Å². The minimum atomic E-state index is -3.76. The molecule has 1 fully saturated rings. The van der Waals surface area contributed by atoms with Gasteiger partial charge in [-0.2, -0.15) is 0 Å². The fraction of sp³-hybridized carbons (Fsp3) is 0.429. The van der Waals surface area contributed by atoms with E-state index in [-0.39, 0.29) is 10.9 Å². The number of nitrogens with one attached hydrogen (secondary N) is 1. The Morgan fingerprint density at radius 3 is 2.39 bits per heavy atom. The Hall–Kier alpha value is -1.54. The van der Waals surface area contributed by atoms with Crippen molar-refractivity contribution in [2.75, 3.05) is 30.7 Å². The number of nitrogens with two attached hydrogens (primary N) is 1. The Morgan fingerprint density at radius 1 is 1.00 bits per heavy atom. The van der Waals surface area contributed by atoms with Gasteiger partial charge in [0, 0.05) is 23.2 Å². The fourth-order valence-electron chi connectivity index (χ4n) is 3.49. The number of hydrogen-bond donors (Lipinski definition) is 2. The molecule has 3 rings (SSSR count). The summed E-state index contributed by atoms with van der Waals surface area (Å²) in [6.45, 7) is 3.34. The molecular weight excluding hydrogens is 390 g/mol. The van der Waals surface area contributed by atoms with Gasteiger partial charge in [-0.05, 0) is 56.6 Å². The highest BCUT2D eigenvalue weighted by atomic mass is 32.2. The van der Waals surface area contributed by atoms with Crippen molar-refractivity contribution in [3.8, 4) is 0 Å². The number of nitrogens with zero attached hydrogens (tertiary/aromatic N) is 1. The molecule has 2 aromatic carbocycles. The second-order valence-electron chi connectivity index (χ2n) is 7.20. The van der Waals surface area contributed by atoms with E-state index in [1.54, 1.807) is 30.0 Å². The van der Waals surface area contributed by atoms with Crippen molar-refractivity contribution in [3.63, 3.8) is 0 Å². The SMILES string of the molecule is NS(=O)(=O)c1ccccc1N[C@H](CCN1CCCCC1)CSc1ccccc1. The van der Waals surface area contributed by atoms with Crippen LogP contribution in [-0.2, 0) is 10.0 Å². The monoisotopic (exact) mass is 419 g/mol. The van der Waals surface area contributed by atoms with E-state index < -0.39 is 10.0 Å². The smallest absolute Gasteiger partial charge is 0.240 e. The summed E-state index contributed by atoms with van der Waals surface area (Å²) in [6.07, 6.45) is 4.82. The number of piperidine rings is 1. The summed E-state index contributed by atoms with van der Waals surface area (Å²) in [7, 11) is -3.76. The zero-order valence-electron chi connectivity index (χ0n) is 16.1. The van der Waals surface area contributed by atoms with Crippen LogP contribution in [0.25, 0.3) is 0 Å². The number of primary sulfonamides is 1. The average Bonchev–Trinajstić information content (AvgIpc) is 2.71. The minimum Gasteiger partial charge on any atom is -0.380 e. The molecule has 2 aromatic rings. The Kier molecular flexibility index (Phi) is 7.79. The third-order valence-electron chi connectivity index (χ3n) is 4.99. The van der Waals surface area contributed by atoms with E-state index in [0.717, 1.165) is 31.8 Å². The van der Waals surface area contributed by atoms with E-state index in [4.69, 9.17) is 5.14 Å². The number of hydrogen-bond acceptors (Lipinski definition) is 5. The molecule has 1 aliphatic rings. The van der Waals surface area contributed by atoms with Crippen molar-refractivity contribution >= 4 is 27.5 Å². The predicted molar refractivity (Wildman–Crippen MR) is 117 cm³/mol. The second-order valence-corrected chi connectivity index (χ2v) is 9.82. The van der Waals surface area contributed by atoms with Crippen LogP contribution >= 0.6 is 11.8 Å². The third kappa shape index (κ3) is 6.51. The number of para-hydroxylation sites is 1. The normalized spacial score (nSPS) is 16.6. The van der Waals surface area contributed by atoms with Crippen LogP contribution in [0.3, 0.4) is 0 Å². The first-order valence-electron chi connectivity index (χ1n) is 9.81. The number of benzene rings is 2. The Labute approximate surface area is 172 Å². The molecule has 1 atom stereocenters. The topological polar surface area (TPSA) is 75.4 Å². The summed E-state index contributed by atoms with van der Waals surface area (Å²) >= 11 is 1.79. The van der Waals surface area contributed by atoms with Gasteiger partial charge in [0.25, 0.3) is 0 Å². The number of rotatable bonds is 9. The van der Waals surface area contributed by atoms with Crippen LogP contribution in [0, 0.1) is 0 Å². The standard InChI is InChI=1S/C21H29N3O2S2/c22-28(25,26)21-12-6-5-11-20(21)23-18(13-16-24-14-7-2-8-15-24)17-27-19-9-3-1-4-10-19/h1,3-6,9-12,18,23H,2,7-8,13-17H2,(H2,22,25,26)/t18-/m1/s1. The van der Waals surface area contributed by atoms with Gasteiger partial charge in [-0.1, -0.05) is 36.8 Å². The lowest BCUT2D eigenvalue weighted by atomic mass is 10.1. The Balaban J connectivity index is 1.69. The van der Waals surface area contributed by atoms with E-state index in [1.807, 2.05) is 24.3 Å². The van der Waals surface area contributed by atoms with Crippen molar-refractivity contribution in [3.05, 3.63) is 54.6 Å². The lowest BCUT2D eigenvalue weighted by Gasteiger charge is -2.29. The molecule has 7 heteroatoms. The summed E-state index contributed by atoms with van der Waals surface area (Å²) in [6, 6.07) is 17.3. The first kappa shape index (κ1) is 21.2. The molecule has 1 heterocycles. The molecule has 0 aromatic heterocycles. The largest absolute Gasteiger partial charge is 0.380 e. The second kappa shape index (κ2) is 10.3. The van der Waals surface area contributed by atoms with E-state index in [0.29, 0.717) is 5.69 Å². The number of likely N-dealkylation sites (tertiary alicyclic amines) is 1. The minimum absolute atomic E-state index is 0.148. The molecule has 0 amide bonds. The van der Waals surface area contributed by atoms with Crippen LogP contribution < -0.4 is 10.5 Å². The van der Waals surface area contributed by atoms with Gasteiger partial charge in [0.2, 0.25) is 10.0 Å². The molecule has 0 radical (unpaired) electrons. The van der Waals surface area contributed by atoms with Gasteiger partial charge in [-0.25, -0.2) is 13.6 Å². The number of anilines is 1. The van der Waals surface area contributed by atoms with Crippen LogP contribution in [0.4, 0.5) is 5.69 Å². The van der Waals surface area contributed by atoms with Gasteiger partial charge in [0.1, 0.15) is 4.90 Å². The molecule has 1 saturated heterocycles. The molecular formula is C21H29N3O2S2. The number of thioether (sulfide) groups is 1. The van der Waals surface area contributed by atoms with Gasteiger partial charge < -0.3 is 10.2 Å². The zero-order valence-corrected chi connectivity index (χ0v) is 17.7. The molecule has 152 valence electrons. The quantitative estimate of drug-likeness (QED) is 0.605. The maximum atomic E-state index is 11.9. The first-order valence-corrected chi connectivity index (χ1v) is 12.3. The third-order valence-corrected chi connectivity index (χ3v) is 7.13. The highest BCUT2D eigenvalue weighted by Gasteiger charge is 2.18. The molecule has 3 N–H and O–H groups in total. The summed E-state index contributed by atoms with van der Waals surface area (Å²) < 4.78 is 23.9. The predicted octanol–water partition coefficient (Wildman–Crippen LogP) is 3.78. The lowest BCUT2D eigenvalue weighted by molar-refractivity contribution is 0.224. The molecule has 1 aliphatic heterocycles. The maximum Gasteiger partial charge on any atom is 0.240 e. The highest BCUT2D eigenvalue weighted by Crippen LogP contribution is 2.25. The molecule has 0 bridgehead atoms. The van der Waals surface area contributed by atoms with Gasteiger partial charge in [0.05, 0.1) is 5.69 Å². The summed E-state index contributed by atoms with van der Waals surface area (Å²) in [4.78, 5) is 3.88. The van der Waals surface area contributed by atoms with E-state index in [1.165, 1.54) is 24.2 Å². The fourth-order valence-corrected chi connectivity index (χ4v) is 5.18. The summed E-state index contributed by atoms with van der Waals surface area (Å²) in [5.74, 6) is 0.858. The van der Waals surface area contributed by atoms with Crippen LogP contribution in [0.15, 0.2) is 64.4 Å². The Bertz CT molecular complexity index is 838. The molecule has 0 saturated carbocycles. The van der Waals surface area contributed by atoms with Crippen molar-refractivity contribution in [2.24, 2.45) is 5.14 Å². The van der Waals surface area contributed by atoms with E-state index in [2.05, 4.69) is 22.3 Å². The van der Waals surface area contributed by atoms with Crippen LogP contribution in [0.5, 0.6) is 0 Å². The average molecular weight is 420 g/mol. The highest BCUT2D eigenvalue weighted by molar-refractivity contribution is 7.99. The van der Waals surface area contributed by atoms with E-state index >= 15 is 0 Å².